The van der Waals surface area contributed by atoms with Gasteiger partial charge in [0.25, 0.3) is 5.69 Å². The van der Waals surface area contributed by atoms with Crippen LogP contribution in [0, 0.1) is 0 Å². The molecule has 0 bridgehead atoms. The van der Waals surface area contributed by atoms with Gasteiger partial charge in [-0.25, -0.2) is 0 Å². The number of hydrogen-bond donors (Lipinski definition) is 0. The number of methoxy groups -OCH3 is 1. The molecule has 0 aliphatic rings. The molecule has 0 saturated carbocycles. The third kappa shape index (κ3) is 1.59. The molecule has 0 spiro atoms. The molecule has 14 heavy (non-hydrogen) atoms. The van der Waals surface area contributed by atoms with Crippen LogP contribution in [0.3, 0.4) is 0 Å². The molecule has 2 nitrogen and oxygen atoms in total. The molecule has 0 fully saturated rings. The molecule has 1 aromatic heterocycles. The van der Waals surface area contributed by atoms with Crippen molar-refractivity contribution in [2.45, 2.75) is 0 Å². The maximum atomic E-state index is 5.28. The van der Waals surface area contributed by atoms with E-state index in [1.54, 1.807) is 7.11 Å². The number of benzene rings is 1. The van der Waals surface area contributed by atoms with E-state index in [1.165, 1.54) is 0 Å². The summed E-state index contributed by atoms with van der Waals surface area (Å²) in [7, 11) is 1.68. The smallest absolute Gasteiger partial charge is 0.252 e. The van der Waals surface area contributed by atoms with Crippen LogP contribution in [0.25, 0.3) is 5.69 Å². The highest BCUT2D eigenvalue weighted by Crippen LogP contribution is 2.16. The minimum atomic E-state index is 0.878. The first-order valence-electron chi connectivity index (χ1n) is 4.51. The Morgan fingerprint density at radius 3 is 2.36 bits per heavy atom. The molecule has 0 N–H and O–H groups in total. The summed E-state index contributed by atoms with van der Waals surface area (Å²) >= 11 is 0. The first kappa shape index (κ1) is 8.75. The lowest BCUT2D eigenvalue weighted by molar-refractivity contribution is -0.596. The topological polar surface area (TPSA) is 13.1 Å². The van der Waals surface area contributed by atoms with Gasteiger partial charge in [-0.15, -0.1) is 0 Å². The van der Waals surface area contributed by atoms with Crippen LogP contribution >= 0.6 is 0 Å². The fraction of sp³-hybridized carbons (Fsp3) is 0.0833. The Morgan fingerprint density at radius 2 is 1.64 bits per heavy atom. The number of nitrogens with zero attached hydrogens (tertiary/aromatic N) is 1. The predicted molar refractivity (Wildman–Crippen MR) is 54.5 cm³/mol. The minimum Gasteiger partial charge on any atom is -0.490 e. The van der Waals surface area contributed by atoms with Gasteiger partial charge in [-0.2, -0.15) is 4.57 Å². The summed E-state index contributed by atoms with van der Waals surface area (Å²) in [5.41, 5.74) is 1.05. The Bertz CT molecular complexity index is 412. The Morgan fingerprint density at radius 1 is 0.929 bits per heavy atom. The fourth-order valence-electron chi connectivity index (χ4n) is 1.40. The van der Waals surface area contributed by atoms with Gasteiger partial charge in [-0.1, -0.05) is 18.2 Å². The van der Waals surface area contributed by atoms with Gasteiger partial charge < -0.3 is 4.74 Å². The number of hydrogen-bond acceptors (Lipinski definition) is 1. The van der Waals surface area contributed by atoms with Crippen LogP contribution in [0.1, 0.15) is 0 Å². The summed E-state index contributed by atoms with van der Waals surface area (Å²) in [4.78, 5) is 0. The first-order valence-corrected chi connectivity index (χ1v) is 4.51. The molecule has 0 atom stereocenters. The van der Waals surface area contributed by atoms with Crippen molar-refractivity contribution in [2.24, 2.45) is 0 Å². The second-order valence-corrected chi connectivity index (χ2v) is 2.95. The molecular formula is C12H12NO+. The highest BCUT2D eigenvalue weighted by Gasteiger charge is 2.10. The van der Waals surface area contributed by atoms with Gasteiger partial charge in [0.05, 0.1) is 7.11 Å². The van der Waals surface area contributed by atoms with Crippen molar-refractivity contribution in [3.8, 4) is 11.4 Å². The van der Waals surface area contributed by atoms with E-state index >= 15 is 0 Å². The van der Waals surface area contributed by atoms with Crippen LogP contribution in [0.15, 0.2) is 54.9 Å². The zero-order valence-corrected chi connectivity index (χ0v) is 8.05. The van der Waals surface area contributed by atoms with E-state index in [0.717, 1.165) is 11.4 Å². The Kier molecular flexibility index (Phi) is 2.45. The number of ether oxygens (including phenoxy) is 1. The molecule has 0 saturated heterocycles. The second kappa shape index (κ2) is 3.92. The van der Waals surface area contributed by atoms with Crippen molar-refractivity contribution in [1.29, 1.82) is 0 Å². The third-order valence-corrected chi connectivity index (χ3v) is 2.08. The summed E-state index contributed by atoms with van der Waals surface area (Å²) in [5.74, 6) is 0.878. The highest BCUT2D eigenvalue weighted by atomic mass is 16.5. The normalized spacial score (nSPS) is 9.79. The van der Waals surface area contributed by atoms with E-state index in [-0.39, 0.29) is 0 Å². The molecule has 1 aromatic carbocycles. The molecule has 1 heterocycles. The molecule has 0 radical (unpaired) electrons. The van der Waals surface area contributed by atoms with E-state index < -0.39 is 0 Å². The van der Waals surface area contributed by atoms with Crippen LogP contribution in [-0.2, 0) is 0 Å². The maximum absolute atomic E-state index is 5.28. The Labute approximate surface area is 83.4 Å². The maximum Gasteiger partial charge on any atom is 0.252 e. The summed E-state index contributed by atoms with van der Waals surface area (Å²) in [6.45, 7) is 0. The van der Waals surface area contributed by atoms with E-state index in [2.05, 4.69) is 0 Å². The number of aromatic nitrogens is 1. The number of para-hydroxylation sites is 2. The van der Waals surface area contributed by atoms with Gasteiger partial charge in [0, 0.05) is 18.2 Å². The van der Waals surface area contributed by atoms with Crippen LogP contribution in [-0.4, -0.2) is 7.11 Å². The molecule has 2 rings (SSSR count). The van der Waals surface area contributed by atoms with Gasteiger partial charge in [-0.05, 0) is 6.07 Å². The quantitative estimate of drug-likeness (QED) is 0.653. The van der Waals surface area contributed by atoms with Crippen molar-refractivity contribution in [3.05, 3.63) is 54.9 Å². The molecule has 2 aromatic rings. The lowest BCUT2D eigenvalue weighted by Gasteiger charge is -2.01. The largest absolute Gasteiger partial charge is 0.490 e. The Hall–Kier alpha value is -1.83. The van der Waals surface area contributed by atoms with Gasteiger partial charge in [0.1, 0.15) is 0 Å². The third-order valence-electron chi connectivity index (χ3n) is 2.08. The zero-order chi connectivity index (χ0) is 9.80. The lowest BCUT2D eigenvalue weighted by atomic mass is 10.3. The van der Waals surface area contributed by atoms with Crippen molar-refractivity contribution < 1.29 is 9.30 Å². The molecule has 70 valence electrons. The fourth-order valence-corrected chi connectivity index (χ4v) is 1.40. The van der Waals surface area contributed by atoms with Crippen LogP contribution in [0.2, 0.25) is 0 Å². The van der Waals surface area contributed by atoms with E-state index in [9.17, 15) is 0 Å². The number of pyridine rings is 1. The van der Waals surface area contributed by atoms with Crippen LogP contribution in [0.5, 0.6) is 5.75 Å². The molecule has 0 aliphatic carbocycles. The summed E-state index contributed by atoms with van der Waals surface area (Å²) in [5, 5.41) is 0. The average molecular weight is 186 g/mol. The predicted octanol–water partition coefficient (Wildman–Crippen LogP) is 1.97. The average Bonchev–Trinajstić information content (AvgIpc) is 2.30. The molecule has 0 amide bonds. The summed E-state index contributed by atoms with van der Waals surface area (Å²) in [6.07, 6.45) is 4.00. The van der Waals surface area contributed by atoms with Crippen molar-refractivity contribution in [3.63, 3.8) is 0 Å². The standard InChI is InChI=1S/C12H12NO/c1-14-12-8-4-3-7-11(12)13-9-5-2-6-10-13/h2-10H,1H3/q+1. The van der Waals surface area contributed by atoms with Gasteiger partial charge >= 0.3 is 0 Å². The highest BCUT2D eigenvalue weighted by molar-refractivity contribution is 5.39. The van der Waals surface area contributed by atoms with Crippen molar-refractivity contribution in [2.75, 3.05) is 7.11 Å². The van der Waals surface area contributed by atoms with Gasteiger partial charge in [-0.3, -0.25) is 0 Å². The summed E-state index contributed by atoms with van der Waals surface area (Å²) in [6, 6.07) is 13.9. The van der Waals surface area contributed by atoms with Crippen molar-refractivity contribution in [1.82, 2.24) is 0 Å². The van der Waals surface area contributed by atoms with Gasteiger partial charge in [0.2, 0.25) is 0 Å². The molecule has 2 heteroatoms. The van der Waals surface area contributed by atoms with E-state index in [4.69, 9.17) is 4.74 Å². The van der Waals surface area contributed by atoms with Gasteiger partial charge in [0.15, 0.2) is 18.1 Å². The van der Waals surface area contributed by atoms with E-state index in [1.807, 2.05) is 59.4 Å². The molecular weight excluding hydrogens is 174 g/mol. The Balaban J connectivity index is 2.51. The lowest BCUT2D eigenvalue weighted by Crippen LogP contribution is -2.29. The number of rotatable bonds is 2. The monoisotopic (exact) mass is 186 g/mol. The molecule has 0 aliphatic heterocycles. The second-order valence-electron chi connectivity index (χ2n) is 2.95. The first-order chi connectivity index (χ1) is 6.92. The van der Waals surface area contributed by atoms with Crippen LogP contribution < -0.4 is 9.30 Å². The minimum absolute atomic E-state index is 0.878. The summed E-state index contributed by atoms with van der Waals surface area (Å²) < 4.78 is 7.31. The zero-order valence-electron chi connectivity index (χ0n) is 8.05. The molecule has 0 unspecified atom stereocenters. The SMILES string of the molecule is COc1ccccc1-[n+]1ccccc1. The van der Waals surface area contributed by atoms with Crippen LogP contribution in [0.4, 0.5) is 0 Å². The van der Waals surface area contributed by atoms with E-state index in [0.29, 0.717) is 0 Å². The van der Waals surface area contributed by atoms with Crippen molar-refractivity contribution >= 4 is 0 Å².